The highest BCUT2D eigenvalue weighted by molar-refractivity contribution is 5.57. The van der Waals surface area contributed by atoms with Crippen LogP contribution in [0.15, 0.2) is 36.9 Å². The third kappa shape index (κ3) is 4.06. The number of hydrogen-bond acceptors (Lipinski definition) is 3. The SMILES string of the molecule is CCCC.Cc1cc(C)n(-c2cncc(-c3nccn3C)c2)n1. The standard InChI is InChI=1S/C14H15N5.C4H10/c1-10-6-11(2)19(17-10)13-7-12(8-15-9-13)14-16-4-5-18(14)3;1-3-4-2/h4-9H,1-3H3;3-4H2,1-2H3. The van der Waals surface area contributed by atoms with E-state index in [1.807, 2.05) is 54.8 Å². The molecule has 0 spiro atoms. The topological polar surface area (TPSA) is 48.5 Å². The largest absolute Gasteiger partial charge is 0.334 e. The molecule has 0 fully saturated rings. The molecule has 0 aliphatic heterocycles. The first-order chi connectivity index (χ1) is 11.1. The van der Waals surface area contributed by atoms with Gasteiger partial charge in [0.05, 0.1) is 17.6 Å². The van der Waals surface area contributed by atoms with Crippen LogP contribution in [0.4, 0.5) is 0 Å². The van der Waals surface area contributed by atoms with E-state index in [4.69, 9.17) is 0 Å². The van der Waals surface area contributed by atoms with Crippen LogP contribution in [0.25, 0.3) is 17.1 Å². The van der Waals surface area contributed by atoms with Crippen LogP contribution in [0.2, 0.25) is 0 Å². The second-order valence-corrected chi connectivity index (χ2v) is 5.63. The maximum absolute atomic E-state index is 4.47. The van der Waals surface area contributed by atoms with E-state index in [1.54, 1.807) is 6.20 Å². The molecule has 3 heterocycles. The summed E-state index contributed by atoms with van der Waals surface area (Å²) in [5.41, 5.74) is 4.03. The van der Waals surface area contributed by atoms with Crippen LogP contribution in [-0.2, 0) is 7.05 Å². The van der Waals surface area contributed by atoms with E-state index in [0.29, 0.717) is 0 Å². The number of aryl methyl sites for hydroxylation is 3. The molecular weight excluding hydrogens is 286 g/mol. The predicted octanol–water partition coefficient (Wildman–Crippen LogP) is 4.09. The maximum Gasteiger partial charge on any atom is 0.141 e. The third-order valence-electron chi connectivity index (χ3n) is 3.56. The van der Waals surface area contributed by atoms with Crippen molar-refractivity contribution in [3.63, 3.8) is 0 Å². The average Bonchev–Trinajstić information content (AvgIpc) is 3.13. The van der Waals surface area contributed by atoms with Crippen LogP contribution in [0.5, 0.6) is 0 Å². The highest BCUT2D eigenvalue weighted by Crippen LogP contribution is 2.19. The first-order valence-corrected chi connectivity index (χ1v) is 8.03. The minimum absolute atomic E-state index is 0.899. The van der Waals surface area contributed by atoms with E-state index in [1.165, 1.54) is 12.8 Å². The Balaban J connectivity index is 0.000000433. The van der Waals surface area contributed by atoms with Crippen molar-refractivity contribution in [1.29, 1.82) is 0 Å². The molecule has 0 saturated carbocycles. The summed E-state index contributed by atoms with van der Waals surface area (Å²) in [6.45, 7) is 8.38. The van der Waals surface area contributed by atoms with Crippen molar-refractivity contribution >= 4 is 0 Å². The Hall–Kier alpha value is -2.43. The van der Waals surface area contributed by atoms with Crippen LogP contribution < -0.4 is 0 Å². The van der Waals surface area contributed by atoms with E-state index in [2.05, 4.69) is 35.0 Å². The fourth-order valence-corrected chi connectivity index (χ4v) is 2.20. The number of hydrogen-bond donors (Lipinski definition) is 0. The summed E-state index contributed by atoms with van der Waals surface area (Å²) < 4.78 is 3.87. The number of pyridine rings is 1. The van der Waals surface area contributed by atoms with Gasteiger partial charge in [-0.2, -0.15) is 5.10 Å². The predicted molar refractivity (Wildman–Crippen MR) is 93.6 cm³/mol. The van der Waals surface area contributed by atoms with Gasteiger partial charge in [-0.1, -0.05) is 26.7 Å². The number of unbranched alkanes of at least 4 members (excludes halogenated alkanes) is 1. The van der Waals surface area contributed by atoms with Crippen molar-refractivity contribution in [3.05, 3.63) is 48.3 Å². The Kier molecular flexibility index (Phi) is 5.68. The molecule has 0 radical (unpaired) electrons. The molecule has 5 heteroatoms. The molecule has 23 heavy (non-hydrogen) atoms. The molecule has 0 N–H and O–H groups in total. The van der Waals surface area contributed by atoms with E-state index in [0.717, 1.165) is 28.5 Å². The molecule has 0 aromatic carbocycles. The summed E-state index contributed by atoms with van der Waals surface area (Å²) in [6.07, 6.45) is 9.97. The zero-order chi connectivity index (χ0) is 16.8. The van der Waals surface area contributed by atoms with Gasteiger partial charge in [0.2, 0.25) is 0 Å². The van der Waals surface area contributed by atoms with Crippen LogP contribution in [0, 0.1) is 13.8 Å². The fourth-order valence-electron chi connectivity index (χ4n) is 2.20. The Morgan fingerprint density at radius 1 is 1.04 bits per heavy atom. The zero-order valence-electron chi connectivity index (χ0n) is 14.6. The smallest absolute Gasteiger partial charge is 0.141 e. The highest BCUT2D eigenvalue weighted by Gasteiger charge is 2.08. The first kappa shape index (κ1) is 16.9. The molecule has 0 bridgehead atoms. The molecule has 0 amide bonds. The van der Waals surface area contributed by atoms with Crippen LogP contribution >= 0.6 is 0 Å². The summed E-state index contributed by atoms with van der Waals surface area (Å²) in [5, 5.41) is 4.47. The average molecular weight is 311 g/mol. The molecule has 3 aromatic rings. The summed E-state index contributed by atoms with van der Waals surface area (Å²) in [4.78, 5) is 8.64. The minimum atomic E-state index is 0.899. The van der Waals surface area contributed by atoms with Gasteiger partial charge in [0.1, 0.15) is 5.82 Å². The zero-order valence-corrected chi connectivity index (χ0v) is 14.6. The number of aromatic nitrogens is 5. The van der Waals surface area contributed by atoms with E-state index >= 15 is 0 Å². The Labute approximate surface area is 138 Å². The lowest BCUT2D eigenvalue weighted by Gasteiger charge is -2.06. The van der Waals surface area contributed by atoms with Crippen molar-refractivity contribution < 1.29 is 0 Å². The van der Waals surface area contributed by atoms with Gasteiger partial charge >= 0.3 is 0 Å². The van der Waals surface area contributed by atoms with Crippen molar-refractivity contribution in [2.75, 3.05) is 0 Å². The second-order valence-electron chi connectivity index (χ2n) is 5.63. The van der Waals surface area contributed by atoms with E-state index in [-0.39, 0.29) is 0 Å². The molecule has 122 valence electrons. The second kappa shape index (κ2) is 7.72. The molecule has 3 aromatic heterocycles. The lowest BCUT2D eigenvalue weighted by atomic mass is 10.2. The van der Waals surface area contributed by atoms with Crippen molar-refractivity contribution in [2.24, 2.45) is 7.05 Å². The summed E-state index contributed by atoms with van der Waals surface area (Å²) in [5.74, 6) is 0.899. The van der Waals surface area contributed by atoms with Gasteiger partial charge in [0.25, 0.3) is 0 Å². The van der Waals surface area contributed by atoms with Gasteiger partial charge in [-0.3, -0.25) is 4.98 Å². The lowest BCUT2D eigenvalue weighted by molar-refractivity contribution is 0.828. The normalized spacial score (nSPS) is 10.3. The highest BCUT2D eigenvalue weighted by atomic mass is 15.3. The Morgan fingerprint density at radius 2 is 1.78 bits per heavy atom. The molecular formula is C18H25N5. The molecule has 5 nitrogen and oxygen atoms in total. The number of rotatable bonds is 3. The molecule has 0 saturated heterocycles. The van der Waals surface area contributed by atoms with Gasteiger partial charge < -0.3 is 4.57 Å². The van der Waals surface area contributed by atoms with E-state index in [9.17, 15) is 0 Å². The van der Waals surface area contributed by atoms with Crippen LogP contribution in [-0.4, -0.2) is 24.3 Å². The number of nitrogens with zero attached hydrogens (tertiary/aromatic N) is 5. The fraction of sp³-hybridized carbons (Fsp3) is 0.389. The van der Waals surface area contributed by atoms with Gasteiger partial charge in [-0.25, -0.2) is 9.67 Å². The molecule has 0 atom stereocenters. The Bertz CT molecular complexity index is 752. The summed E-state index contributed by atoms with van der Waals surface area (Å²) >= 11 is 0. The summed E-state index contributed by atoms with van der Waals surface area (Å²) in [6, 6.07) is 4.10. The Morgan fingerprint density at radius 3 is 2.30 bits per heavy atom. The molecule has 0 aliphatic carbocycles. The van der Waals surface area contributed by atoms with Crippen LogP contribution in [0.1, 0.15) is 38.1 Å². The molecule has 3 rings (SSSR count). The third-order valence-corrected chi connectivity index (χ3v) is 3.56. The van der Waals surface area contributed by atoms with Gasteiger partial charge in [0, 0.05) is 36.9 Å². The van der Waals surface area contributed by atoms with Crippen molar-refractivity contribution in [3.8, 4) is 17.1 Å². The minimum Gasteiger partial charge on any atom is -0.334 e. The van der Waals surface area contributed by atoms with Gasteiger partial charge in [-0.05, 0) is 26.0 Å². The quantitative estimate of drug-likeness (QED) is 0.732. The lowest BCUT2D eigenvalue weighted by Crippen LogP contribution is -2.01. The summed E-state index contributed by atoms with van der Waals surface area (Å²) in [7, 11) is 1.97. The van der Waals surface area contributed by atoms with Gasteiger partial charge in [0.15, 0.2) is 0 Å². The number of imidazole rings is 1. The van der Waals surface area contributed by atoms with Crippen molar-refractivity contribution in [1.82, 2.24) is 24.3 Å². The first-order valence-electron chi connectivity index (χ1n) is 8.03. The van der Waals surface area contributed by atoms with E-state index < -0.39 is 0 Å². The van der Waals surface area contributed by atoms with Gasteiger partial charge in [-0.15, -0.1) is 0 Å². The molecule has 0 unspecified atom stereocenters. The van der Waals surface area contributed by atoms with Crippen molar-refractivity contribution in [2.45, 2.75) is 40.5 Å². The molecule has 0 aliphatic rings. The van der Waals surface area contributed by atoms with Crippen LogP contribution in [0.3, 0.4) is 0 Å². The monoisotopic (exact) mass is 311 g/mol. The maximum atomic E-state index is 4.47.